The van der Waals surface area contributed by atoms with Gasteiger partial charge in [-0.2, -0.15) is 0 Å². The third-order valence-electron chi connectivity index (χ3n) is 2.32. The summed E-state index contributed by atoms with van der Waals surface area (Å²) in [6.45, 7) is 1.37. The predicted molar refractivity (Wildman–Crippen MR) is 64.0 cm³/mol. The van der Waals surface area contributed by atoms with Gasteiger partial charge in [0.05, 0.1) is 12.8 Å². The molecule has 1 aromatic carbocycles. The zero-order valence-electron chi connectivity index (χ0n) is 9.66. The minimum absolute atomic E-state index is 0.0112. The standard InChI is InChI=1S/C12H9F2NO2S/c1-6(16)12-15-10(5-18-12)7-3-9(14)11(17-2)4-8(7)13/h3-5H,1-2H3. The highest BCUT2D eigenvalue weighted by atomic mass is 32.1. The maximum Gasteiger partial charge on any atom is 0.188 e. The van der Waals surface area contributed by atoms with Gasteiger partial charge < -0.3 is 4.74 Å². The van der Waals surface area contributed by atoms with Crippen LogP contribution in [0.1, 0.15) is 16.7 Å². The SMILES string of the molecule is COc1cc(F)c(-c2csc(C(C)=O)n2)cc1F. The van der Waals surface area contributed by atoms with E-state index in [0.29, 0.717) is 0 Å². The molecule has 3 nitrogen and oxygen atoms in total. The summed E-state index contributed by atoms with van der Waals surface area (Å²) in [4.78, 5) is 15.1. The lowest BCUT2D eigenvalue weighted by Gasteiger charge is -2.05. The number of halogens is 2. The van der Waals surface area contributed by atoms with E-state index in [9.17, 15) is 13.6 Å². The van der Waals surface area contributed by atoms with Gasteiger partial charge in [0.15, 0.2) is 22.4 Å². The Kier molecular flexibility index (Phi) is 3.38. The van der Waals surface area contributed by atoms with Crippen molar-refractivity contribution in [1.29, 1.82) is 0 Å². The molecule has 94 valence electrons. The van der Waals surface area contributed by atoms with E-state index < -0.39 is 11.6 Å². The average Bonchev–Trinajstić information content (AvgIpc) is 2.81. The summed E-state index contributed by atoms with van der Waals surface area (Å²) in [7, 11) is 1.26. The van der Waals surface area contributed by atoms with Crippen molar-refractivity contribution in [2.24, 2.45) is 0 Å². The smallest absolute Gasteiger partial charge is 0.188 e. The van der Waals surface area contributed by atoms with Crippen molar-refractivity contribution >= 4 is 17.1 Å². The summed E-state index contributed by atoms with van der Waals surface area (Å²) in [5.74, 6) is -1.70. The number of hydrogen-bond acceptors (Lipinski definition) is 4. The topological polar surface area (TPSA) is 39.2 Å². The average molecular weight is 269 g/mol. The molecule has 0 amide bonds. The molecule has 0 saturated heterocycles. The fourth-order valence-electron chi connectivity index (χ4n) is 1.44. The quantitative estimate of drug-likeness (QED) is 0.802. The highest BCUT2D eigenvalue weighted by Gasteiger charge is 2.15. The molecule has 0 aliphatic rings. The van der Waals surface area contributed by atoms with Crippen LogP contribution in [-0.2, 0) is 0 Å². The fourth-order valence-corrected chi connectivity index (χ4v) is 2.16. The molecule has 0 atom stereocenters. The fraction of sp³-hybridized carbons (Fsp3) is 0.167. The zero-order valence-corrected chi connectivity index (χ0v) is 10.5. The molecule has 1 aromatic heterocycles. The first-order valence-electron chi connectivity index (χ1n) is 5.02. The lowest BCUT2D eigenvalue weighted by Crippen LogP contribution is -1.94. The van der Waals surface area contributed by atoms with Crippen LogP contribution in [0.3, 0.4) is 0 Å². The van der Waals surface area contributed by atoms with Crippen molar-refractivity contribution in [2.75, 3.05) is 7.11 Å². The minimum atomic E-state index is -0.675. The Balaban J connectivity index is 2.50. The van der Waals surface area contributed by atoms with Gasteiger partial charge in [-0.25, -0.2) is 13.8 Å². The van der Waals surface area contributed by atoms with Crippen LogP contribution in [0.2, 0.25) is 0 Å². The maximum atomic E-state index is 13.7. The number of ether oxygens (including phenoxy) is 1. The zero-order chi connectivity index (χ0) is 13.3. The molecular weight excluding hydrogens is 260 g/mol. The van der Waals surface area contributed by atoms with Crippen molar-refractivity contribution < 1.29 is 18.3 Å². The van der Waals surface area contributed by atoms with E-state index in [1.54, 1.807) is 0 Å². The first-order chi connectivity index (χ1) is 8.52. The molecule has 0 N–H and O–H groups in total. The van der Waals surface area contributed by atoms with Crippen LogP contribution in [0.4, 0.5) is 8.78 Å². The number of aromatic nitrogens is 1. The third kappa shape index (κ3) is 2.24. The van der Waals surface area contributed by atoms with Gasteiger partial charge in [0, 0.05) is 23.9 Å². The first-order valence-corrected chi connectivity index (χ1v) is 5.90. The second-order valence-corrected chi connectivity index (χ2v) is 4.42. The Morgan fingerprint density at radius 2 is 2.06 bits per heavy atom. The number of hydrogen-bond donors (Lipinski definition) is 0. The molecule has 0 saturated carbocycles. The number of carbonyl (C=O) groups excluding carboxylic acids is 1. The summed E-state index contributed by atoms with van der Waals surface area (Å²) in [6, 6.07) is 1.96. The van der Waals surface area contributed by atoms with E-state index in [4.69, 9.17) is 0 Å². The van der Waals surface area contributed by atoms with Gasteiger partial charge in [0.25, 0.3) is 0 Å². The highest BCUT2D eigenvalue weighted by Crippen LogP contribution is 2.29. The van der Waals surface area contributed by atoms with Crippen LogP contribution in [-0.4, -0.2) is 17.9 Å². The van der Waals surface area contributed by atoms with E-state index in [2.05, 4.69) is 9.72 Å². The van der Waals surface area contributed by atoms with E-state index in [1.165, 1.54) is 19.4 Å². The summed E-state index contributed by atoms with van der Waals surface area (Å²) >= 11 is 1.10. The van der Waals surface area contributed by atoms with E-state index in [0.717, 1.165) is 23.5 Å². The molecule has 18 heavy (non-hydrogen) atoms. The van der Waals surface area contributed by atoms with Crippen molar-refractivity contribution in [2.45, 2.75) is 6.92 Å². The Bertz CT molecular complexity index is 610. The second-order valence-electron chi connectivity index (χ2n) is 3.56. The number of carbonyl (C=O) groups is 1. The van der Waals surface area contributed by atoms with Gasteiger partial charge in [0.2, 0.25) is 0 Å². The van der Waals surface area contributed by atoms with Crippen molar-refractivity contribution in [3.05, 3.63) is 34.2 Å². The molecule has 0 aliphatic carbocycles. The van der Waals surface area contributed by atoms with E-state index in [1.807, 2.05) is 0 Å². The molecular formula is C12H9F2NO2S. The Morgan fingerprint density at radius 1 is 1.33 bits per heavy atom. The van der Waals surface area contributed by atoms with Crippen LogP contribution in [0.5, 0.6) is 5.75 Å². The van der Waals surface area contributed by atoms with Gasteiger partial charge in [-0.05, 0) is 6.07 Å². The molecule has 2 aromatic rings. The number of methoxy groups -OCH3 is 1. The number of benzene rings is 1. The molecule has 6 heteroatoms. The highest BCUT2D eigenvalue weighted by molar-refractivity contribution is 7.12. The predicted octanol–water partition coefficient (Wildman–Crippen LogP) is 3.30. The molecule has 0 unspecified atom stereocenters. The Morgan fingerprint density at radius 3 is 2.61 bits per heavy atom. The normalized spacial score (nSPS) is 10.4. The largest absolute Gasteiger partial charge is 0.494 e. The lowest BCUT2D eigenvalue weighted by atomic mass is 10.1. The number of rotatable bonds is 3. The summed E-state index contributed by atoms with van der Waals surface area (Å²) in [5.41, 5.74) is 0.251. The van der Waals surface area contributed by atoms with E-state index >= 15 is 0 Å². The second kappa shape index (κ2) is 4.81. The molecule has 0 aliphatic heterocycles. The third-order valence-corrected chi connectivity index (χ3v) is 3.27. The number of ketones is 1. The summed E-state index contributed by atoms with van der Waals surface area (Å²) in [6.07, 6.45) is 0. The van der Waals surface area contributed by atoms with Crippen LogP contribution in [0.25, 0.3) is 11.3 Å². The van der Waals surface area contributed by atoms with Crippen molar-refractivity contribution in [3.8, 4) is 17.0 Å². The molecule has 0 radical (unpaired) electrons. The molecule has 0 fully saturated rings. The van der Waals surface area contributed by atoms with Gasteiger partial charge in [0.1, 0.15) is 5.82 Å². The number of thiazole rings is 1. The number of nitrogens with zero attached hydrogens (tertiary/aromatic N) is 1. The molecule has 1 heterocycles. The van der Waals surface area contributed by atoms with Gasteiger partial charge >= 0.3 is 0 Å². The van der Waals surface area contributed by atoms with Crippen LogP contribution in [0.15, 0.2) is 17.5 Å². The lowest BCUT2D eigenvalue weighted by molar-refractivity contribution is 0.101. The van der Waals surface area contributed by atoms with Crippen LogP contribution < -0.4 is 4.74 Å². The Labute approximate surface area is 106 Å². The van der Waals surface area contributed by atoms with Crippen LogP contribution >= 0.6 is 11.3 Å². The molecule has 0 bridgehead atoms. The van der Waals surface area contributed by atoms with Gasteiger partial charge in [-0.15, -0.1) is 11.3 Å². The monoisotopic (exact) mass is 269 g/mol. The first kappa shape index (κ1) is 12.6. The number of Topliss-reactive ketones (excluding diaryl/α,β-unsaturated/α-hetero) is 1. The summed E-state index contributed by atoms with van der Waals surface area (Å²) < 4.78 is 31.9. The molecule has 0 spiro atoms. The van der Waals surface area contributed by atoms with Crippen LogP contribution in [0, 0.1) is 11.6 Å². The summed E-state index contributed by atoms with van der Waals surface area (Å²) in [5, 5.41) is 1.78. The molecule has 2 rings (SSSR count). The Hall–Kier alpha value is -1.82. The van der Waals surface area contributed by atoms with Crippen molar-refractivity contribution in [1.82, 2.24) is 4.98 Å². The van der Waals surface area contributed by atoms with Gasteiger partial charge in [-0.1, -0.05) is 0 Å². The minimum Gasteiger partial charge on any atom is -0.494 e. The van der Waals surface area contributed by atoms with E-state index in [-0.39, 0.29) is 27.8 Å². The van der Waals surface area contributed by atoms with Gasteiger partial charge in [-0.3, -0.25) is 4.79 Å². The maximum absolute atomic E-state index is 13.7. The van der Waals surface area contributed by atoms with Crippen molar-refractivity contribution in [3.63, 3.8) is 0 Å².